The van der Waals surface area contributed by atoms with Crippen LogP contribution in [0.25, 0.3) is 0 Å². The van der Waals surface area contributed by atoms with Crippen molar-refractivity contribution in [1.29, 1.82) is 0 Å². The van der Waals surface area contributed by atoms with Gasteiger partial charge in [-0.15, -0.1) is 0 Å². The molecule has 0 radical (unpaired) electrons. The smallest absolute Gasteiger partial charge is 0.374 e. The highest BCUT2D eigenvalue weighted by molar-refractivity contribution is 5.86. The average Bonchev–Trinajstić information content (AvgIpc) is 2.77. The molecule has 0 aromatic carbocycles. The zero-order chi connectivity index (χ0) is 12.7. The third-order valence-electron chi connectivity index (χ3n) is 1.74. The lowest BCUT2D eigenvalue weighted by molar-refractivity contribution is -0.141. The van der Waals surface area contributed by atoms with Crippen molar-refractivity contribution in [1.82, 2.24) is 0 Å². The molecule has 0 fully saturated rings. The Labute approximate surface area is 98.7 Å². The molecule has 0 unspecified atom stereocenters. The van der Waals surface area contributed by atoms with Crippen molar-refractivity contribution in [2.45, 2.75) is 13.3 Å². The van der Waals surface area contributed by atoms with E-state index < -0.39 is 5.97 Å². The van der Waals surface area contributed by atoms with E-state index in [1.54, 1.807) is 6.92 Å². The number of hydrogen-bond donors (Lipinski definition) is 0. The van der Waals surface area contributed by atoms with Gasteiger partial charge in [0.2, 0.25) is 5.76 Å². The lowest BCUT2D eigenvalue weighted by Crippen LogP contribution is -2.01. The van der Waals surface area contributed by atoms with Crippen molar-refractivity contribution in [3.8, 4) is 11.8 Å². The number of hydrogen-bond acceptors (Lipinski definition) is 5. The first-order valence-corrected chi connectivity index (χ1v) is 5.00. The van der Waals surface area contributed by atoms with Crippen LogP contribution in [0.15, 0.2) is 16.5 Å². The molecule has 0 bridgehead atoms. The van der Waals surface area contributed by atoms with Gasteiger partial charge < -0.3 is 13.9 Å². The second-order valence-electron chi connectivity index (χ2n) is 2.94. The molecule has 0 atom stereocenters. The van der Waals surface area contributed by atoms with E-state index >= 15 is 0 Å². The van der Waals surface area contributed by atoms with Gasteiger partial charge in [0.1, 0.15) is 6.42 Å². The molecule has 0 aliphatic rings. The Hall–Kier alpha value is -2.22. The zero-order valence-corrected chi connectivity index (χ0v) is 9.61. The molecule has 90 valence electrons. The summed E-state index contributed by atoms with van der Waals surface area (Å²) in [5, 5.41) is 0. The predicted molar refractivity (Wildman–Crippen MR) is 58.2 cm³/mol. The lowest BCUT2D eigenvalue weighted by Gasteiger charge is -1.94. The van der Waals surface area contributed by atoms with Gasteiger partial charge in [-0.05, 0) is 25.0 Å². The Balaban J connectivity index is 2.58. The van der Waals surface area contributed by atoms with Crippen molar-refractivity contribution < 1.29 is 23.5 Å². The van der Waals surface area contributed by atoms with Crippen LogP contribution >= 0.6 is 0 Å². The third kappa shape index (κ3) is 4.03. The maximum atomic E-state index is 11.1. The minimum absolute atomic E-state index is 0.0118. The normalized spacial score (nSPS) is 9.06. The van der Waals surface area contributed by atoms with Gasteiger partial charge in [-0.3, -0.25) is 4.79 Å². The SMILES string of the molecule is CCOC(=O)CC#Cc1ccc(C(=O)OC)o1. The van der Waals surface area contributed by atoms with E-state index in [-0.39, 0.29) is 18.2 Å². The van der Waals surface area contributed by atoms with Crippen LogP contribution < -0.4 is 0 Å². The van der Waals surface area contributed by atoms with Crippen LogP contribution in [0.4, 0.5) is 0 Å². The number of carbonyl (C=O) groups excluding carboxylic acids is 2. The van der Waals surface area contributed by atoms with Crippen molar-refractivity contribution in [3.05, 3.63) is 23.7 Å². The first kappa shape index (κ1) is 12.8. The monoisotopic (exact) mass is 236 g/mol. The van der Waals surface area contributed by atoms with Gasteiger partial charge in [0, 0.05) is 0 Å². The number of rotatable bonds is 3. The maximum absolute atomic E-state index is 11.1. The fourth-order valence-electron chi connectivity index (χ4n) is 1.03. The lowest BCUT2D eigenvalue weighted by atomic mass is 10.4. The van der Waals surface area contributed by atoms with E-state index in [0.29, 0.717) is 12.4 Å². The quantitative estimate of drug-likeness (QED) is 0.585. The predicted octanol–water partition coefficient (Wildman–Crippen LogP) is 1.37. The molecule has 1 heterocycles. The Morgan fingerprint density at radius 1 is 1.41 bits per heavy atom. The summed E-state index contributed by atoms with van der Waals surface area (Å²) in [5.41, 5.74) is 0. The molecule has 1 aromatic rings. The van der Waals surface area contributed by atoms with Crippen LogP contribution in [-0.2, 0) is 14.3 Å². The molecule has 0 saturated heterocycles. The maximum Gasteiger partial charge on any atom is 0.374 e. The summed E-state index contributed by atoms with van der Waals surface area (Å²) in [6.07, 6.45) is -0.0118. The molecule has 0 spiro atoms. The van der Waals surface area contributed by atoms with Crippen LogP contribution in [0, 0.1) is 11.8 Å². The number of methoxy groups -OCH3 is 1. The Morgan fingerprint density at radius 2 is 2.18 bits per heavy atom. The van der Waals surface area contributed by atoms with Crippen molar-refractivity contribution >= 4 is 11.9 Å². The highest BCUT2D eigenvalue weighted by atomic mass is 16.5. The van der Waals surface area contributed by atoms with Gasteiger partial charge in [0.05, 0.1) is 13.7 Å². The molecule has 0 N–H and O–H groups in total. The summed E-state index contributed by atoms with van der Waals surface area (Å²) in [4.78, 5) is 22.0. The van der Waals surface area contributed by atoms with E-state index in [9.17, 15) is 9.59 Å². The summed E-state index contributed by atoms with van der Waals surface area (Å²) in [6, 6.07) is 2.99. The minimum atomic E-state index is -0.566. The van der Waals surface area contributed by atoms with Crippen LogP contribution in [-0.4, -0.2) is 25.7 Å². The van der Waals surface area contributed by atoms with E-state index in [2.05, 4.69) is 16.6 Å². The minimum Gasteiger partial charge on any atom is -0.465 e. The molecule has 0 amide bonds. The number of esters is 2. The number of ether oxygens (including phenoxy) is 2. The molecule has 0 aliphatic carbocycles. The van der Waals surface area contributed by atoms with Crippen LogP contribution in [0.3, 0.4) is 0 Å². The van der Waals surface area contributed by atoms with Gasteiger partial charge in [-0.2, -0.15) is 0 Å². The number of carbonyl (C=O) groups is 2. The molecule has 0 aliphatic heterocycles. The largest absolute Gasteiger partial charge is 0.465 e. The standard InChI is InChI=1S/C12H12O5/c1-3-16-11(13)6-4-5-9-7-8-10(17-9)12(14)15-2/h7-8H,3,6H2,1-2H3. The topological polar surface area (TPSA) is 65.7 Å². The summed E-state index contributed by atoms with van der Waals surface area (Å²) in [5.74, 6) is 4.62. The fraction of sp³-hybridized carbons (Fsp3) is 0.333. The zero-order valence-electron chi connectivity index (χ0n) is 9.61. The summed E-state index contributed by atoms with van der Waals surface area (Å²) in [6.45, 7) is 2.05. The van der Waals surface area contributed by atoms with E-state index in [4.69, 9.17) is 9.15 Å². The van der Waals surface area contributed by atoms with Gasteiger partial charge in [-0.1, -0.05) is 5.92 Å². The molecular weight excluding hydrogens is 224 g/mol. The van der Waals surface area contributed by atoms with Crippen molar-refractivity contribution in [2.24, 2.45) is 0 Å². The highest BCUT2D eigenvalue weighted by Crippen LogP contribution is 2.07. The Kier molecular flexibility index (Phi) is 4.82. The van der Waals surface area contributed by atoms with E-state index in [1.165, 1.54) is 19.2 Å². The van der Waals surface area contributed by atoms with Crippen molar-refractivity contribution in [3.63, 3.8) is 0 Å². The second-order valence-corrected chi connectivity index (χ2v) is 2.94. The van der Waals surface area contributed by atoms with Gasteiger partial charge in [-0.25, -0.2) is 4.79 Å². The average molecular weight is 236 g/mol. The van der Waals surface area contributed by atoms with Crippen LogP contribution in [0.5, 0.6) is 0 Å². The van der Waals surface area contributed by atoms with Gasteiger partial charge >= 0.3 is 11.9 Å². The number of furan rings is 1. The summed E-state index contributed by atoms with van der Waals surface area (Å²) in [7, 11) is 1.26. The van der Waals surface area contributed by atoms with Crippen LogP contribution in [0.2, 0.25) is 0 Å². The van der Waals surface area contributed by atoms with Crippen molar-refractivity contribution in [2.75, 3.05) is 13.7 Å². The summed E-state index contributed by atoms with van der Waals surface area (Å²) < 4.78 is 14.2. The fourth-order valence-corrected chi connectivity index (χ4v) is 1.03. The first-order valence-electron chi connectivity index (χ1n) is 5.00. The van der Waals surface area contributed by atoms with E-state index in [1.807, 2.05) is 0 Å². The Morgan fingerprint density at radius 3 is 2.82 bits per heavy atom. The second kappa shape index (κ2) is 6.38. The molecule has 5 heteroatoms. The Bertz CT molecular complexity index is 461. The highest BCUT2D eigenvalue weighted by Gasteiger charge is 2.09. The first-order chi connectivity index (χ1) is 8.17. The van der Waals surface area contributed by atoms with E-state index in [0.717, 1.165) is 0 Å². The molecule has 1 aromatic heterocycles. The third-order valence-corrected chi connectivity index (χ3v) is 1.74. The molecule has 5 nitrogen and oxygen atoms in total. The van der Waals surface area contributed by atoms with Crippen LogP contribution in [0.1, 0.15) is 29.7 Å². The molecule has 0 saturated carbocycles. The summed E-state index contributed by atoms with van der Waals surface area (Å²) >= 11 is 0. The molecule has 17 heavy (non-hydrogen) atoms. The molecular formula is C12H12O5. The van der Waals surface area contributed by atoms with Gasteiger partial charge in [0.25, 0.3) is 0 Å². The van der Waals surface area contributed by atoms with Gasteiger partial charge in [0.15, 0.2) is 5.76 Å². The molecule has 1 rings (SSSR count).